The van der Waals surface area contributed by atoms with E-state index >= 15 is 0 Å². The fourth-order valence-corrected chi connectivity index (χ4v) is 4.03. The van der Waals surface area contributed by atoms with Crippen LogP contribution in [0.4, 0.5) is 8.78 Å². The van der Waals surface area contributed by atoms with Crippen LogP contribution < -0.4 is 10.1 Å². The number of carbonyl (C=O) groups is 1. The molecule has 0 aliphatic carbocycles. The highest BCUT2D eigenvalue weighted by Crippen LogP contribution is 2.29. The van der Waals surface area contributed by atoms with Crippen molar-refractivity contribution in [1.29, 1.82) is 0 Å². The zero-order valence-corrected chi connectivity index (χ0v) is 15.6. The fourth-order valence-electron chi connectivity index (χ4n) is 3.12. The number of nitrogens with one attached hydrogen (secondary N) is 1. The van der Waals surface area contributed by atoms with Crippen LogP contribution in [0.1, 0.15) is 37.8 Å². The quantitative estimate of drug-likeness (QED) is 0.776. The van der Waals surface area contributed by atoms with Gasteiger partial charge in [0.25, 0.3) is 0 Å². The summed E-state index contributed by atoms with van der Waals surface area (Å²) < 4.78 is 54.5. The number of piperidine rings is 1. The maximum atomic E-state index is 12.6. The standard InChI is InChI=1S/C17H24F2N2O4S/c1-3-14(13-8-4-5-9-15(13)25-17(18)19)20-16(22)12-7-6-10-21(11-12)26(2,23)24/h4-5,8-9,12,14,17H,3,6-7,10-11H2,1-2H3,(H,20,22)/t12-,14-/m1/s1. The van der Waals surface area contributed by atoms with Crippen molar-refractivity contribution >= 4 is 15.9 Å². The van der Waals surface area contributed by atoms with Crippen LogP contribution in [0.5, 0.6) is 5.75 Å². The Morgan fingerprint density at radius 3 is 2.69 bits per heavy atom. The van der Waals surface area contributed by atoms with Crippen LogP contribution in [0.15, 0.2) is 24.3 Å². The average Bonchev–Trinajstić information content (AvgIpc) is 2.59. The van der Waals surface area contributed by atoms with Crippen molar-refractivity contribution in [2.75, 3.05) is 19.3 Å². The molecule has 1 aromatic carbocycles. The molecule has 6 nitrogen and oxygen atoms in total. The summed E-state index contributed by atoms with van der Waals surface area (Å²) in [5.74, 6) is -0.719. The van der Waals surface area contributed by atoms with Gasteiger partial charge in [0.2, 0.25) is 15.9 Å². The molecule has 1 aliphatic heterocycles. The van der Waals surface area contributed by atoms with Crippen LogP contribution in [0.2, 0.25) is 0 Å². The molecule has 9 heteroatoms. The number of sulfonamides is 1. The Balaban J connectivity index is 2.11. The number of amides is 1. The first-order valence-corrected chi connectivity index (χ1v) is 10.4. The van der Waals surface area contributed by atoms with E-state index in [9.17, 15) is 22.0 Å². The summed E-state index contributed by atoms with van der Waals surface area (Å²) in [6.07, 6.45) is 2.80. The summed E-state index contributed by atoms with van der Waals surface area (Å²) in [6, 6.07) is 5.85. The zero-order chi connectivity index (χ0) is 19.3. The number of benzene rings is 1. The third-order valence-electron chi connectivity index (χ3n) is 4.46. The monoisotopic (exact) mass is 390 g/mol. The minimum Gasteiger partial charge on any atom is -0.434 e. The molecule has 0 bridgehead atoms. The second kappa shape index (κ2) is 8.77. The maximum absolute atomic E-state index is 12.6. The minimum atomic E-state index is -3.35. The molecule has 0 spiro atoms. The lowest BCUT2D eigenvalue weighted by Gasteiger charge is -2.31. The van der Waals surface area contributed by atoms with Gasteiger partial charge in [-0.25, -0.2) is 12.7 Å². The molecule has 1 N–H and O–H groups in total. The Morgan fingerprint density at radius 2 is 2.08 bits per heavy atom. The third-order valence-corrected chi connectivity index (χ3v) is 5.73. The molecule has 0 saturated carbocycles. The molecule has 2 rings (SSSR count). The lowest BCUT2D eigenvalue weighted by Crippen LogP contribution is -2.45. The molecule has 0 radical (unpaired) electrons. The van der Waals surface area contributed by atoms with Gasteiger partial charge in [-0.2, -0.15) is 8.78 Å². The Kier molecular flexibility index (Phi) is 6.94. The van der Waals surface area contributed by atoms with E-state index < -0.39 is 28.6 Å². The average molecular weight is 390 g/mol. The van der Waals surface area contributed by atoms with Gasteiger partial charge in [-0.15, -0.1) is 0 Å². The summed E-state index contributed by atoms with van der Waals surface area (Å²) in [6.45, 7) is -0.583. The molecule has 0 unspecified atom stereocenters. The highest BCUT2D eigenvalue weighted by molar-refractivity contribution is 7.88. The van der Waals surface area contributed by atoms with Gasteiger partial charge < -0.3 is 10.1 Å². The smallest absolute Gasteiger partial charge is 0.387 e. The fraction of sp³-hybridized carbons (Fsp3) is 0.588. The van der Waals surface area contributed by atoms with Gasteiger partial charge >= 0.3 is 6.61 Å². The number of ether oxygens (including phenoxy) is 1. The van der Waals surface area contributed by atoms with Crippen LogP contribution in [-0.2, 0) is 14.8 Å². The number of nitrogens with zero attached hydrogens (tertiary/aromatic N) is 1. The van der Waals surface area contributed by atoms with Gasteiger partial charge in [-0.05, 0) is 25.3 Å². The molecule has 0 aromatic heterocycles. The lowest BCUT2D eigenvalue weighted by atomic mass is 9.97. The van der Waals surface area contributed by atoms with Gasteiger partial charge in [-0.1, -0.05) is 25.1 Å². The van der Waals surface area contributed by atoms with Crippen LogP contribution in [0, 0.1) is 5.92 Å². The molecule has 146 valence electrons. The molecule has 1 aromatic rings. The summed E-state index contributed by atoms with van der Waals surface area (Å²) in [4.78, 5) is 12.6. The third kappa shape index (κ3) is 5.38. The Morgan fingerprint density at radius 1 is 1.38 bits per heavy atom. The summed E-state index contributed by atoms with van der Waals surface area (Å²) in [5.41, 5.74) is 0.472. The van der Waals surface area contributed by atoms with Crippen molar-refractivity contribution in [3.63, 3.8) is 0 Å². The molecule has 1 heterocycles. The van der Waals surface area contributed by atoms with Crippen LogP contribution >= 0.6 is 0 Å². The van der Waals surface area contributed by atoms with E-state index in [4.69, 9.17) is 0 Å². The van der Waals surface area contributed by atoms with E-state index in [1.54, 1.807) is 18.2 Å². The van der Waals surface area contributed by atoms with Gasteiger partial charge in [0, 0.05) is 18.7 Å². The van der Waals surface area contributed by atoms with Gasteiger partial charge in [0.1, 0.15) is 5.75 Å². The van der Waals surface area contributed by atoms with E-state index in [-0.39, 0.29) is 18.2 Å². The highest BCUT2D eigenvalue weighted by Gasteiger charge is 2.31. The minimum absolute atomic E-state index is 0.0241. The highest BCUT2D eigenvalue weighted by atomic mass is 32.2. The van der Waals surface area contributed by atoms with E-state index in [0.717, 1.165) is 6.26 Å². The van der Waals surface area contributed by atoms with Crippen LogP contribution in [-0.4, -0.2) is 44.6 Å². The number of hydrogen-bond donors (Lipinski definition) is 1. The van der Waals surface area contributed by atoms with Crippen LogP contribution in [0.25, 0.3) is 0 Å². The lowest BCUT2D eigenvalue weighted by molar-refractivity contribution is -0.126. The van der Waals surface area contributed by atoms with Crippen molar-refractivity contribution in [1.82, 2.24) is 9.62 Å². The Hall–Kier alpha value is -1.74. The number of alkyl halides is 2. The summed E-state index contributed by atoms with van der Waals surface area (Å²) in [7, 11) is -3.35. The molecule has 1 saturated heterocycles. The molecular weight excluding hydrogens is 366 g/mol. The first-order valence-electron chi connectivity index (χ1n) is 8.51. The molecular formula is C17H24F2N2O4S. The predicted molar refractivity (Wildman–Crippen MR) is 93.4 cm³/mol. The van der Waals surface area contributed by atoms with Crippen molar-refractivity contribution in [3.05, 3.63) is 29.8 Å². The Bertz CT molecular complexity index is 727. The normalized spacial score (nSPS) is 20.0. The second-order valence-corrected chi connectivity index (χ2v) is 8.33. The summed E-state index contributed by atoms with van der Waals surface area (Å²) >= 11 is 0. The van der Waals surface area contributed by atoms with Gasteiger partial charge in [-0.3, -0.25) is 4.79 Å². The number of carbonyl (C=O) groups excluding carboxylic acids is 1. The van der Waals surface area contributed by atoms with Crippen molar-refractivity contribution in [2.24, 2.45) is 5.92 Å². The van der Waals surface area contributed by atoms with E-state index in [1.807, 2.05) is 6.92 Å². The SMILES string of the molecule is CC[C@@H](NC(=O)[C@@H]1CCCN(S(C)(=O)=O)C1)c1ccccc1OC(F)F. The molecule has 26 heavy (non-hydrogen) atoms. The van der Waals surface area contributed by atoms with Crippen LogP contribution in [0.3, 0.4) is 0 Å². The first kappa shape index (κ1) is 20.6. The molecule has 1 amide bonds. The topological polar surface area (TPSA) is 75.7 Å². The molecule has 1 aliphatic rings. The zero-order valence-electron chi connectivity index (χ0n) is 14.8. The number of halogens is 2. The van der Waals surface area contributed by atoms with Crippen molar-refractivity contribution in [3.8, 4) is 5.75 Å². The molecule has 1 fully saturated rings. The van der Waals surface area contributed by atoms with Crippen molar-refractivity contribution < 1.29 is 26.7 Å². The van der Waals surface area contributed by atoms with E-state index in [2.05, 4.69) is 10.1 Å². The van der Waals surface area contributed by atoms with E-state index in [1.165, 1.54) is 10.4 Å². The second-order valence-electron chi connectivity index (χ2n) is 6.35. The molecule has 2 atom stereocenters. The predicted octanol–water partition coefficient (Wildman–Crippen LogP) is 2.53. The van der Waals surface area contributed by atoms with Gasteiger partial charge in [0.15, 0.2) is 0 Å². The first-order chi connectivity index (χ1) is 12.2. The number of hydrogen-bond acceptors (Lipinski definition) is 4. The summed E-state index contributed by atoms with van der Waals surface area (Å²) in [5, 5.41) is 2.85. The Labute approximate surface area is 152 Å². The van der Waals surface area contributed by atoms with E-state index in [0.29, 0.717) is 31.4 Å². The largest absolute Gasteiger partial charge is 0.434 e. The van der Waals surface area contributed by atoms with Crippen molar-refractivity contribution in [2.45, 2.75) is 38.8 Å². The number of para-hydroxylation sites is 1. The number of rotatable bonds is 7. The van der Waals surface area contributed by atoms with Gasteiger partial charge in [0.05, 0.1) is 18.2 Å². The maximum Gasteiger partial charge on any atom is 0.387 e.